The van der Waals surface area contributed by atoms with E-state index >= 15 is 0 Å². The van der Waals surface area contributed by atoms with Gasteiger partial charge in [0.2, 0.25) is 3.23 Å². The zero-order chi connectivity index (χ0) is 7.71. The standard InChI is InChI=1S/C3HBr2F3O/c4-2(5,1-9)3(6,7)8/h1H. The number of hydrogen-bond donors (Lipinski definition) is 0. The third-order valence-electron chi connectivity index (χ3n) is 0.526. The summed E-state index contributed by atoms with van der Waals surface area (Å²) in [7, 11) is 0. The van der Waals surface area contributed by atoms with Gasteiger partial charge in [0.1, 0.15) is 0 Å². The third-order valence-corrected chi connectivity index (χ3v) is 1.80. The highest BCUT2D eigenvalue weighted by Gasteiger charge is 2.51. The Morgan fingerprint density at radius 3 is 1.56 bits per heavy atom. The maximum atomic E-state index is 11.5. The maximum Gasteiger partial charge on any atom is 0.420 e. The zero-order valence-corrected chi connectivity index (χ0v) is 7.05. The Hall–Kier alpha value is 0.420. The summed E-state index contributed by atoms with van der Waals surface area (Å²) >= 11 is 4.25. The summed E-state index contributed by atoms with van der Waals surface area (Å²) in [6.07, 6.45) is -4.86. The van der Waals surface area contributed by atoms with Crippen LogP contribution in [0.1, 0.15) is 0 Å². The summed E-state index contributed by atoms with van der Waals surface area (Å²) < 4.78 is 31.9. The monoisotopic (exact) mass is 268 g/mol. The molecule has 0 aromatic carbocycles. The Morgan fingerprint density at radius 2 is 1.56 bits per heavy atom. The number of alkyl halides is 5. The van der Waals surface area contributed by atoms with Gasteiger partial charge in [-0.3, -0.25) is 0 Å². The Morgan fingerprint density at radius 1 is 1.22 bits per heavy atom. The number of carbonyl (C=O) groups is 1. The molecule has 0 aromatic rings. The molecule has 0 aliphatic heterocycles. The van der Waals surface area contributed by atoms with Crippen molar-refractivity contribution in [1.29, 1.82) is 0 Å². The van der Waals surface area contributed by atoms with Crippen molar-refractivity contribution in [2.24, 2.45) is 0 Å². The molecule has 0 atom stereocenters. The van der Waals surface area contributed by atoms with Crippen LogP contribution in [0.15, 0.2) is 0 Å². The van der Waals surface area contributed by atoms with Crippen LogP contribution in [0.25, 0.3) is 0 Å². The molecule has 0 amide bonds. The zero-order valence-electron chi connectivity index (χ0n) is 3.88. The van der Waals surface area contributed by atoms with Crippen LogP contribution in [-0.2, 0) is 4.79 Å². The van der Waals surface area contributed by atoms with Crippen LogP contribution in [0, 0.1) is 0 Å². The van der Waals surface area contributed by atoms with Crippen molar-refractivity contribution >= 4 is 38.1 Å². The van der Waals surface area contributed by atoms with Crippen LogP contribution >= 0.6 is 31.9 Å². The summed E-state index contributed by atoms with van der Waals surface area (Å²) in [6.45, 7) is 0. The van der Waals surface area contributed by atoms with Crippen molar-refractivity contribution in [3.8, 4) is 0 Å². The fourth-order valence-corrected chi connectivity index (χ4v) is 0.0668. The van der Waals surface area contributed by atoms with Gasteiger partial charge in [-0.2, -0.15) is 13.2 Å². The molecule has 0 saturated carbocycles. The molecule has 0 fully saturated rings. The van der Waals surface area contributed by atoms with E-state index in [-0.39, 0.29) is 6.29 Å². The van der Waals surface area contributed by atoms with E-state index in [0.29, 0.717) is 0 Å². The minimum absolute atomic E-state index is 0.271. The lowest BCUT2D eigenvalue weighted by molar-refractivity contribution is -0.143. The van der Waals surface area contributed by atoms with Gasteiger partial charge < -0.3 is 4.79 Å². The molecule has 0 saturated heterocycles. The fraction of sp³-hybridized carbons (Fsp3) is 0.667. The number of rotatable bonds is 1. The second kappa shape index (κ2) is 2.57. The lowest BCUT2D eigenvalue weighted by Crippen LogP contribution is -2.34. The van der Waals surface area contributed by atoms with E-state index in [9.17, 15) is 18.0 Å². The molecule has 54 valence electrons. The Bertz CT molecular complexity index is 119. The van der Waals surface area contributed by atoms with Crippen LogP contribution in [0.4, 0.5) is 13.2 Å². The maximum absolute atomic E-state index is 11.5. The van der Waals surface area contributed by atoms with E-state index in [0.717, 1.165) is 0 Å². The predicted molar refractivity (Wildman–Crippen MR) is 32.7 cm³/mol. The molecule has 0 spiro atoms. The van der Waals surface area contributed by atoms with Crippen molar-refractivity contribution in [3.63, 3.8) is 0 Å². The topological polar surface area (TPSA) is 17.1 Å². The fourth-order valence-electron chi connectivity index (χ4n) is 0.0668. The quantitative estimate of drug-likeness (QED) is 0.527. The second-order valence-electron chi connectivity index (χ2n) is 1.24. The normalized spacial score (nSPS) is 13.4. The smallest absolute Gasteiger partial charge is 0.300 e. The number of aldehydes is 1. The molecule has 0 bridgehead atoms. The van der Waals surface area contributed by atoms with Crippen molar-refractivity contribution in [3.05, 3.63) is 0 Å². The first-order chi connectivity index (χ1) is 3.81. The van der Waals surface area contributed by atoms with Crippen molar-refractivity contribution in [1.82, 2.24) is 0 Å². The van der Waals surface area contributed by atoms with Gasteiger partial charge in [-0.1, -0.05) is 31.9 Å². The van der Waals surface area contributed by atoms with E-state index in [1.165, 1.54) is 0 Å². The van der Waals surface area contributed by atoms with Crippen molar-refractivity contribution in [2.45, 2.75) is 9.41 Å². The molecule has 0 aliphatic carbocycles. The van der Waals surface area contributed by atoms with Gasteiger partial charge in [-0.25, -0.2) is 0 Å². The van der Waals surface area contributed by atoms with Crippen LogP contribution < -0.4 is 0 Å². The second-order valence-corrected chi connectivity index (χ2v) is 4.80. The molecule has 0 N–H and O–H groups in total. The first-order valence-corrected chi connectivity index (χ1v) is 3.31. The lowest BCUT2D eigenvalue weighted by atomic mass is 10.5. The van der Waals surface area contributed by atoms with Crippen molar-refractivity contribution < 1.29 is 18.0 Å². The van der Waals surface area contributed by atoms with Crippen LogP contribution in [0.5, 0.6) is 0 Å². The van der Waals surface area contributed by atoms with E-state index in [2.05, 4.69) is 31.9 Å². The lowest BCUT2D eigenvalue weighted by Gasteiger charge is -2.15. The van der Waals surface area contributed by atoms with Gasteiger partial charge in [0, 0.05) is 0 Å². The average Bonchev–Trinajstić information content (AvgIpc) is 1.64. The van der Waals surface area contributed by atoms with Crippen LogP contribution in [-0.4, -0.2) is 15.7 Å². The van der Waals surface area contributed by atoms with Crippen LogP contribution in [0.3, 0.4) is 0 Å². The van der Waals surface area contributed by atoms with Crippen LogP contribution in [0.2, 0.25) is 0 Å². The SMILES string of the molecule is O=CC(Br)(Br)C(F)(F)F. The van der Waals surface area contributed by atoms with E-state index < -0.39 is 9.41 Å². The average molecular weight is 270 g/mol. The molecule has 9 heavy (non-hydrogen) atoms. The molecule has 0 rings (SSSR count). The number of hydrogen-bond acceptors (Lipinski definition) is 1. The van der Waals surface area contributed by atoms with Gasteiger partial charge >= 0.3 is 6.18 Å². The molecular weight excluding hydrogens is 269 g/mol. The summed E-state index contributed by atoms with van der Waals surface area (Å²) in [5.74, 6) is 0. The van der Waals surface area contributed by atoms with Gasteiger partial charge in [0.05, 0.1) is 0 Å². The molecule has 0 heterocycles. The van der Waals surface area contributed by atoms with Gasteiger partial charge in [-0.15, -0.1) is 0 Å². The number of carbonyl (C=O) groups excluding carboxylic acids is 1. The van der Waals surface area contributed by atoms with Gasteiger partial charge in [0.25, 0.3) is 0 Å². The molecular formula is C3HBr2F3O. The molecule has 6 heteroatoms. The van der Waals surface area contributed by atoms with E-state index in [1.807, 2.05) is 0 Å². The molecule has 0 radical (unpaired) electrons. The molecule has 0 aliphatic rings. The highest BCUT2D eigenvalue weighted by molar-refractivity contribution is 9.25. The largest absolute Gasteiger partial charge is 0.420 e. The Labute approximate surface area is 65.9 Å². The minimum atomic E-state index is -4.59. The number of halogens is 5. The summed E-state index contributed by atoms with van der Waals surface area (Å²) in [6, 6.07) is 0. The van der Waals surface area contributed by atoms with E-state index in [1.54, 1.807) is 0 Å². The summed E-state index contributed by atoms with van der Waals surface area (Å²) in [4.78, 5) is 9.66. The minimum Gasteiger partial charge on any atom is -0.300 e. The predicted octanol–water partition coefficient (Wildman–Crippen LogP) is 2.23. The Kier molecular flexibility index (Phi) is 2.69. The first kappa shape index (κ1) is 9.42. The van der Waals surface area contributed by atoms with Gasteiger partial charge in [-0.05, 0) is 0 Å². The first-order valence-electron chi connectivity index (χ1n) is 1.72. The molecule has 1 nitrogen and oxygen atoms in total. The molecule has 0 unspecified atom stereocenters. The third kappa shape index (κ3) is 2.25. The van der Waals surface area contributed by atoms with Crippen molar-refractivity contribution in [2.75, 3.05) is 0 Å². The molecule has 0 aromatic heterocycles. The highest BCUT2D eigenvalue weighted by Crippen LogP contribution is 2.40. The summed E-state index contributed by atoms with van der Waals surface area (Å²) in [5.41, 5.74) is 0. The summed E-state index contributed by atoms with van der Waals surface area (Å²) in [5, 5.41) is 0. The Balaban J connectivity index is 4.32. The highest BCUT2D eigenvalue weighted by atomic mass is 79.9. The van der Waals surface area contributed by atoms with E-state index in [4.69, 9.17) is 0 Å². The van der Waals surface area contributed by atoms with Gasteiger partial charge in [0.15, 0.2) is 6.29 Å².